The highest BCUT2D eigenvalue weighted by Crippen LogP contribution is 2.04. The van der Waals surface area contributed by atoms with Gasteiger partial charge in [-0.25, -0.2) is 0 Å². The average Bonchev–Trinajstić information content (AvgIpc) is 3.15. The molecule has 0 aliphatic carbocycles. The van der Waals surface area contributed by atoms with E-state index in [4.69, 9.17) is 0 Å². The number of nitrogens with one attached hydrogen (secondary N) is 3. The van der Waals surface area contributed by atoms with Gasteiger partial charge >= 0.3 is 0 Å². The molecule has 0 radical (unpaired) electrons. The first-order valence-corrected chi connectivity index (χ1v) is 8.52. The quantitative estimate of drug-likeness (QED) is 0.239. The van der Waals surface area contributed by atoms with Gasteiger partial charge in [-0.05, 0) is 37.1 Å². The first-order chi connectivity index (χ1) is 12.2. The highest BCUT2D eigenvalue weighted by Gasteiger charge is 2.04. The van der Waals surface area contributed by atoms with E-state index in [1.54, 1.807) is 13.2 Å². The third-order valence-corrected chi connectivity index (χ3v) is 3.65. The predicted molar refractivity (Wildman–Crippen MR) is 115 cm³/mol. The van der Waals surface area contributed by atoms with Crippen LogP contribution in [0.2, 0.25) is 0 Å². The highest BCUT2D eigenvalue weighted by atomic mass is 127. The van der Waals surface area contributed by atoms with E-state index in [2.05, 4.69) is 26.0 Å². The van der Waals surface area contributed by atoms with E-state index in [1.165, 1.54) is 0 Å². The fraction of sp³-hybridized carbons (Fsp3) is 0.389. The third-order valence-electron chi connectivity index (χ3n) is 3.65. The van der Waals surface area contributed by atoms with Crippen LogP contribution in [0.3, 0.4) is 0 Å². The lowest BCUT2D eigenvalue weighted by Crippen LogP contribution is -2.37. The Kier molecular flexibility index (Phi) is 10.4. The number of amides is 1. The van der Waals surface area contributed by atoms with Gasteiger partial charge in [0.05, 0.1) is 0 Å². The summed E-state index contributed by atoms with van der Waals surface area (Å²) in [5, 5.41) is 13.5. The molecule has 2 rings (SSSR count). The number of rotatable bonds is 8. The van der Waals surface area contributed by atoms with Gasteiger partial charge in [0.25, 0.3) is 5.91 Å². The number of hydrogen-bond acceptors (Lipinski definition) is 3. The van der Waals surface area contributed by atoms with Gasteiger partial charge in [0.1, 0.15) is 0 Å². The van der Waals surface area contributed by atoms with Crippen molar-refractivity contribution >= 4 is 35.8 Å². The number of halogens is 1. The molecule has 0 aliphatic heterocycles. The normalized spacial score (nSPS) is 10.8. The topological polar surface area (TPSA) is 83.3 Å². The maximum atomic E-state index is 11.7. The fourth-order valence-electron chi connectivity index (χ4n) is 2.32. The van der Waals surface area contributed by atoms with Crippen molar-refractivity contribution in [3.05, 3.63) is 53.9 Å². The Morgan fingerprint density at radius 2 is 1.96 bits per heavy atom. The summed E-state index contributed by atoms with van der Waals surface area (Å²) in [6, 6.07) is 9.49. The molecule has 0 spiro atoms. The van der Waals surface area contributed by atoms with Crippen molar-refractivity contribution in [1.29, 1.82) is 0 Å². The van der Waals surface area contributed by atoms with Gasteiger partial charge in [0.2, 0.25) is 0 Å². The summed E-state index contributed by atoms with van der Waals surface area (Å²) in [5.74, 6) is 0.713. The lowest BCUT2D eigenvalue weighted by atomic mass is 10.1. The number of hydrogen-bond donors (Lipinski definition) is 3. The van der Waals surface area contributed by atoms with E-state index in [1.807, 2.05) is 48.1 Å². The SMILES string of the molecule is CCNC(=O)c1ccc(CNC(=NC)NCCCn2cccn2)cc1.I. The van der Waals surface area contributed by atoms with E-state index >= 15 is 0 Å². The molecule has 2 aromatic rings. The molecule has 1 heterocycles. The lowest BCUT2D eigenvalue weighted by Gasteiger charge is -2.12. The Labute approximate surface area is 171 Å². The van der Waals surface area contributed by atoms with Crippen molar-refractivity contribution in [3.63, 3.8) is 0 Å². The van der Waals surface area contributed by atoms with Crippen molar-refractivity contribution in [2.45, 2.75) is 26.4 Å². The zero-order valence-electron chi connectivity index (χ0n) is 15.2. The third kappa shape index (κ3) is 7.42. The number of aromatic nitrogens is 2. The summed E-state index contributed by atoms with van der Waals surface area (Å²) in [6.07, 6.45) is 4.70. The van der Waals surface area contributed by atoms with Crippen LogP contribution in [0.25, 0.3) is 0 Å². The van der Waals surface area contributed by atoms with E-state index in [9.17, 15) is 4.79 Å². The molecule has 1 aromatic carbocycles. The average molecular weight is 470 g/mol. The predicted octanol–water partition coefficient (Wildman–Crippen LogP) is 2.01. The monoisotopic (exact) mass is 470 g/mol. The molecule has 1 amide bonds. The molecule has 0 saturated carbocycles. The number of carbonyl (C=O) groups is 1. The van der Waals surface area contributed by atoms with E-state index in [0.717, 1.165) is 31.0 Å². The van der Waals surface area contributed by atoms with Crippen molar-refractivity contribution in [2.75, 3.05) is 20.1 Å². The molecule has 0 bridgehead atoms. The largest absolute Gasteiger partial charge is 0.356 e. The molecule has 0 fully saturated rings. The van der Waals surface area contributed by atoms with Crippen LogP contribution in [0.5, 0.6) is 0 Å². The molecule has 7 nitrogen and oxygen atoms in total. The number of carbonyl (C=O) groups excluding carboxylic acids is 1. The maximum Gasteiger partial charge on any atom is 0.251 e. The Bertz CT molecular complexity index is 669. The van der Waals surface area contributed by atoms with Gasteiger partial charge in [-0.1, -0.05) is 12.1 Å². The van der Waals surface area contributed by atoms with Crippen molar-refractivity contribution < 1.29 is 4.79 Å². The van der Waals surface area contributed by atoms with Crippen LogP contribution in [0.1, 0.15) is 29.3 Å². The summed E-state index contributed by atoms with van der Waals surface area (Å²) in [6.45, 7) is 4.87. The molecule has 1 aromatic heterocycles. The zero-order chi connectivity index (χ0) is 17.9. The summed E-state index contributed by atoms with van der Waals surface area (Å²) in [5.41, 5.74) is 1.76. The minimum absolute atomic E-state index is 0. The summed E-state index contributed by atoms with van der Waals surface area (Å²) in [4.78, 5) is 16.0. The van der Waals surface area contributed by atoms with Gasteiger partial charge in [0.15, 0.2) is 5.96 Å². The zero-order valence-corrected chi connectivity index (χ0v) is 17.6. The Balaban J connectivity index is 0.00000338. The number of aryl methyl sites for hydroxylation is 1. The first-order valence-electron chi connectivity index (χ1n) is 8.52. The van der Waals surface area contributed by atoms with Crippen molar-refractivity contribution in [3.8, 4) is 0 Å². The molecule has 26 heavy (non-hydrogen) atoms. The van der Waals surface area contributed by atoms with Gasteiger partial charge in [-0.3, -0.25) is 14.5 Å². The second-order valence-electron chi connectivity index (χ2n) is 5.53. The van der Waals surface area contributed by atoms with Gasteiger partial charge in [0, 0.05) is 51.2 Å². The molecule has 142 valence electrons. The second kappa shape index (κ2) is 12.3. The minimum Gasteiger partial charge on any atom is -0.356 e. The summed E-state index contributed by atoms with van der Waals surface area (Å²) < 4.78 is 1.91. The summed E-state index contributed by atoms with van der Waals surface area (Å²) in [7, 11) is 1.75. The van der Waals surface area contributed by atoms with Crippen molar-refractivity contribution in [2.24, 2.45) is 4.99 Å². The van der Waals surface area contributed by atoms with Crippen LogP contribution in [-0.4, -0.2) is 41.8 Å². The van der Waals surface area contributed by atoms with E-state index < -0.39 is 0 Å². The standard InChI is InChI=1S/C18H26N6O.HI/c1-3-20-17(25)16-8-6-15(7-9-16)14-22-18(19-2)21-10-4-12-24-13-5-11-23-24;/h5-9,11,13H,3-4,10,12,14H2,1-2H3,(H,20,25)(H2,19,21,22);1H. The van der Waals surface area contributed by atoms with Crippen LogP contribution < -0.4 is 16.0 Å². The smallest absolute Gasteiger partial charge is 0.251 e. The van der Waals surface area contributed by atoms with Gasteiger partial charge in [-0.2, -0.15) is 5.10 Å². The Morgan fingerprint density at radius 3 is 2.58 bits per heavy atom. The Morgan fingerprint density at radius 1 is 1.19 bits per heavy atom. The Hall–Kier alpha value is -2.10. The molecule has 0 atom stereocenters. The number of benzene rings is 1. The first kappa shape index (κ1) is 21.9. The maximum absolute atomic E-state index is 11.7. The molecule has 0 unspecified atom stereocenters. The molecule has 0 aliphatic rings. The molecule has 8 heteroatoms. The number of aliphatic imine (C=N–C) groups is 1. The molecule has 0 saturated heterocycles. The van der Waals surface area contributed by atoms with Crippen LogP contribution in [-0.2, 0) is 13.1 Å². The van der Waals surface area contributed by atoms with Crippen LogP contribution in [0.4, 0.5) is 0 Å². The molecule has 3 N–H and O–H groups in total. The number of nitrogens with zero attached hydrogens (tertiary/aromatic N) is 3. The van der Waals surface area contributed by atoms with Crippen LogP contribution in [0.15, 0.2) is 47.7 Å². The number of guanidine groups is 1. The lowest BCUT2D eigenvalue weighted by molar-refractivity contribution is 0.0956. The van der Waals surface area contributed by atoms with Crippen LogP contribution in [0, 0.1) is 0 Å². The van der Waals surface area contributed by atoms with Crippen LogP contribution >= 0.6 is 24.0 Å². The molecular formula is C18H27IN6O. The highest BCUT2D eigenvalue weighted by molar-refractivity contribution is 14.0. The van der Waals surface area contributed by atoms with E-state index in [0.29, 0.717) is 18.7 Å². The van der Waals surface area contributed by atoms with Gasteiger partial charge in [-0.15, -0.1) is 24.0 Å². The van der Waals surface area contributed by atoms with Gasteiger partial charge < -0.3 is 16.0 Å². The van der Waals surface area contributed by atoms with Crippen molar-refractivity contribution in [1.82, 2.24) is 25.7 Å². The second-order valence-corrected chi connectivity index (χ2v) is 5.53. The summed E-state index contributed by atoms with van der Waals surface area (Å²) >= 11 is 0. The molecular weight excluding hydrogens is 443 g/mol. The minimum atomic E-state index is -0.0448. The van der Waals surface area contributed by atoms with E-state index in [-0.39, 0.29) is 29.9 Å². The fourth-order valence-corrected chi connectivity index (χ4v) is 2.32.